The summed E-state index contributed by atoms with van der Waals surface area (Å²) >= 11 is 0. The van der Waals surface area contributed by atoms with Gasteiger partial charge in [0.25, 0.3) is 5.91 Å². The molecule has 0 bridgehead atoms. The van der Waals surface area contributed by atoms with E-state index in [1.54, 1.807) is 12.1 Å². The number of aliphatic hydroxyl groups excluding tert-OH is 1. The van der Waals surface area contributed by atoms with Crippen molar-refractivity contribution in [2.45, 2.75) is 50.5 Å². The molecule has 11 nitrogen and oxygen atoms in total. The largest absolute Gasteiger partial charge is 0.506 e. The number of para-hydroxylation sites is 1. The smallest absolute Gasteiger partial charge is 0.411 e. The molecule has 2 atom stereocenters. The number of aromatic nitrogens is 1. The molecular formula is C42H45N5O6. The Morgan fingerprint density at radius 3 is 2.42 bits per heavy atom. The molecule has 2 aliphatic rings. The second kappa shape index (κ2) is 16.5. The van der Waals surface area contributed by atoms with Gasteiger partial charge in [-0.15, -0.1) is 0 Å². The minimum atomic E-state index is -0.858. The zero-order valence-corrected chi connectivity index (χ0v) is 29.5. The Kier molecular flexibility index (Phi) is 11.1. The molecule has 2 fully saturated rings. The van der Waals surface area contributed by atoms with Gasteiger partial charge in [-0.1, -0.05) is 66.7 Å². The molecule has 4 aromatic carbocycles. The molecule has 3 heterocycles. The van der Waals surface area contributed by atoms with E-state index < -0.39 is 12.2 Å². The molecule has 0 unspecified atom stereocenters. The van der Waals surface area contributed by atoms with E-state index in [2.05, 4.69) is 20.5 Å². The van der Waals surface area contributed by atoms with Crippen molar-refractivity contribution in [1.29, 1.82) is 0 Å². The maximum absolute atomic E-state index is 13.6. The van der Waals surface area contributed by atoms with Crippen LogP contribution >= 0.6 is 0 Å². The number of fused-ring (bicyclic) bond motifs is 1. The summed E-state index contributed by atoms with van der Waals surface area (Å²) in [4.78, 5) is 45.2. The fourth-order valence-corrected chi connectivity index (χ4v) is 7.50. The maximum atomic E-state index is 13.6. The molecule has 2 aliphatic heterocycles. The van der Waals surface area contributed by atoms with Crippen LogP contribution in [0.5, 0.6) is 5.75 Å². The Bertz CT molecular complexity index is 2100. The molecular weight excluding hydrogens is 670 g/mol. The van der Waals surface area contributed by atoms with Crippen LogP contribution in [0.25, 0.3) is 22.0 Å². The number of hydrogen-bond acceptors (Lipinski definition) is 8. The molecule has 5 N–H and O–H groups in total. The monoisotopic (exact) mass is 715 g/mol. The zero-order chi connectivity index (χ0) is 36.7. The predicted octanol–water partition coefficient (Wildman–Crippen LogP) is 6.04. The normalized spacial score (nSPS) is 17.2. The average Bonchev–Trinajstić information content (AvgIpc) is 3.64. The average molecular weight is 716 g/mol. The summed E-state index contributed by atoms with van der Waals surface area (Å²) < 4.78 is 5.83. The minimum Gasteiger partial charge on any atom is -0.506 e. The van der Waals surface area contributed by atoms with Gasteiger partial charge in [0.2, 0.25) is 5.56 Å². The van der Waals surface area contributed by atoms with Gasteiger partial charge >= 0.3 is 6.09 Å². The van der Waals surface area contributed by atoms with Gasteiger partial charge in [-0.25, -0.2) is 4.79 Å². The van der Waals surface area contributed by atoms with Crippen molar-refractivity contribution in [3.05, 3.63) is 130 Å². The zero-order valence-electron chi connectivity index (χ0n) is 29.5. The number of anilines is 1. The molecule has 0 saturated carbocycles. The molecule has 0 radical (unpaired) electrons. The van der Waals surface area contributed by atoms with E-state index in [1.807, 2.05) is 83.8 Å². The first-order valence-electron chi connectivity index (χ1n) is 18.3. The molecule has 0 aliphatic carbocycles. The van der Waals surface area contributed by atoms with Crippen LogP contribution in [0.4, 0.5) is 10.5 Å². The summed E-state index contributed by atoms with van der Waals surface area (Å²) in [5.41, 5.74) is 4.89. The fourth-order valence-electron chi connectivity index (χ4n) is 7.50. The van der Waals surface area contributed by atoms with Crippen molar-refractivity contribution in [1.82, 2.24) is 20.1 Å². The van der Waals surface area contributed by atoms with Gasteiger partial charge in [-0.05, 0) is 72.7 Å². The quantitative estimate of drug-likeness (QED) is 0.111. The highest BCUT2D eigenvalue weighted by Gasteiger charge is 2.32. The number of carbonyl (C=O) groups excluding carboxylic acids is 2. The lowest BCUT2D eigenvalue weighted by atomic mass is 10.0. The standard InChI is InChI=1S/C42H45N5O6/c48-37-18-16-34(35-17-19-39(50)45-40(35)37)38(49)26-43-25-28-12-14-30(15-13-28)41(51)47-22-6-9-31(47)27-46-23-20-32(21-24-46)53-42(52)44-36-11-5-4-10-33(36)29-7-2-1-3-8-29/h1-5,7-8,10-19,31-32,38,43,48-49H,6,9,20-27H2,(H,44,52)(H,45,50)/t31-,38-/m0/s1. The van der Waals surface area contributed by atoms with Crippen molar-refractivity contribution >= 4 is 28.6 Å². The Morgan fingerprint density at radius 1 is 0.868 bits per heavy atom. The number of H-pyrrole nitrogens is 1. The third kappa shape index (κ3) is 8.60. The van der Waals surface area contributed by atoms with Crippen LogP contribution in [0, 0.1) is 0 Å². The van der Waals surface area contributed by atoms with Gasteiger partial charge in [0, 0.05) is 67.9 Å². The molecule has 0 spiro atoms. The number of nitrogens with one attached hydrogen (secondary N) is 3. The number of hydrogen-bond donors (Lipinski definition) is 5. The number of piperidine rings is 1. The first kappa shape index (κ1) is 35.9. The van der Waals surface area contributed by atoms with Crippen LogP contribution in [-0.2, 0) is 11.3 Å². The number of phenolic OH excluding ortho intramolecular Hbond substituents is 1. The summed E-state index contributed by atoms with van der Waals surface area (Å²) in [7, 11) is 0. The molecule has 5 aromatic rings. The molecule has 2 amide bonds. The lowest BCUT2D eigenvalue weighted by Crippen LogP contribution is -2.46. The molecule has 1 aromatic heterocycles. The number of aliphatic hydroxyl groups is 1. The van der Waals surface area contributed by atoms with Gasteiger partial charge in [0.05, 0.1) is 17.3 Å². The summed E-state index contributed by atoms with van der Waals surface area (Å²) in [6, 6.07) is 31.5. The van der Waals surface area contributed by atoms with E-state index in [9.17, 15) is 24.6 Å². The highest BCUT2D eigenvalue weighted by Crippen LogP contribution is 2.30. The van der Waals surface area contributed by atoms with E-state index in [-0.39, 0.29) is 35.9 Å². The summed E-state index contributed by atoms with van der Waals surface area (Å²) in [5.74, 6) is -0.0164. The first-order valence-corrected chi connectivity index (χ1v) is 18.3. The number of likely N-dealkylation sites (tertiary alicyclic amines) is 2. The van der Waals surface area contributed by atoms with Gasteiger partial charge in [0.15, 0.2) is 0 Å². The van der Waals surface area contributed by atoms with Crippen molar-refractivity contribution in [3.8, 4) is 16.9 Å². The topological polar surface area (TPSA) is 147 Å². The lowest BCUT2D eigenvalue weighted by Gasteiger charge is -2.35. The number of rotatable bonds is 11. The number of benzene rings is 4. The van der Waals surface area contributed by atoms with Crippen LogP contribution in [0.2, 0.25) is 0 Å². The van der Waals surface area contributed by atoms with Crippen LogP contribution in [0.3, 0.4) is 0 Å². The van der Waals surface area contributed by atoms with Crippen LogP contribution in [0.1, 0.15) is 53.3 Å². The Balaban J connectivity index is 0.861. The van der Waals surface area contributed by atoms with E-state index in [0.29, 0.717) is 28.6 Å². The van der Waals surface area contributed by atoms with Crippen LogP contribution in [0.15, 0.2) is 108 Å². The van der Waals surface area contributed by atoms with Crippen LogP contribution in [-0.4, -0.2) is 81.9 Å². The molecule has 2 saturated heterocycles. The van der Waals surface area contributed by atoms with Crippen molar-refractivity contribution in [2.24, 2.45) is 0 Å². The Hall–Kier alpha value is -5.49. The SMILES string of the molecule is O=C(Nc1ccccc1-c1ccccc1)OC1CCN(C[C@@H]2CCCN2C(=O)c2ccc(CNC[C@H](O)c3ccc(O)c4[nH]c(=O)ccc34)cc2)CC1. The molecule has 274 valence electrons. The number of aromatic amines is 1. The van der Waals surface area contributed by atoms with E-state index >= 15 is 0 Å². The number of carbonyl (C=O) groups is 2. The van der Waals surface area contributed by atoms with Crippen molar-refractivity contribution in [3.63, 3.8) is 0 Å². The number of aromatic hydroxyl groups is 1. The Morgan fingerprint density at radius 2 is 1.62 bits per heavy atom. The molecule has 53 heavy (non-hydrogen) atoms. The van der Waals surface area contributed by atoms with Gasteiger partial charge in [-0.2, -0.15) is 0 Å². The third-order valence-corrected chi connectivity index (χ3v) is 10.3. The minimum absolute atomic E-state index is 0.0327. The molecule has 11 heteroatoms. The fraction of sp³-hybridized carbons (Fsp3) is 0.310. The Labute approximate surface area is 308 Å². The number of phenols is 1. The van der Waals surface area contributed by atoms with Crippen molar-refractivity contribution < 1.29 is 24.5 Å². The second-order valence-corrected chi connectivity index (χ2v) is 13.9. The first-order chi connectivity index (χ1) is 25.8. The number of ether oxygens (including phenoxy) is 1. The van der Waals surface area contributed by atoms with E-state index in [0.717, 1.165) is 74.2 Å². The lowest BCUT2D eigenvalue weighted by molar-refractivity contribution is 0.0467. The van der Waals surface area contributed by atoms with E-state index in [1.165, 1.54) is 12.1 Å². The van der Waals surface area contributed by atoms with Crippen molar-refractivity contribution in [2.75, 3.05) is 38.0 Å². The van der Waals surface area contributed by atoms with Crippen LogP contribution < -0.4 is 16.2 Å². The highest BCUT2D eigenvalue weighted by molar-refractivity contribution is 5.95. The number of amides is 2. The summed E-state index contributed by atoms with van der Waals surface area (Å²) in [6.45, 7) is 3.88. The maximum Gasteiger partial charge on any atom is 0.411 e. The highest BCUT2D eigenvalue weighted by atomic mass is 16.6. The molecule has 7 rings (SSSR count). The van der Waals surface area contributed by atoms with Gasteiger partial charge in [0.1, 0.15) is 11.9 Å². The summed E-state index contributed by atoms with van der Waals surface area (Å²) in [6.07, 6.45) is 1.96. The van der Waals surface area contributed by atoms with Gasteiger partial charge in [-0.3, -0.25) is 14.9 Å². The summed E-state index contributed by atoms with van der Waals surface area (Å²) in [5, 5.41) is 27.8. The van der Waals surface area contributed by atoms with Gasteiger partial charge < -0.3 is 35.1 Å². The number of nitrogens with zero attached hydrogens (tertiary/aromatic N) is 2. The van der Waals surface area contributed by atoms with E-state index in [4.69, 9.17) is 4.74 Å². The number of pyridine rings is 1. The third-order valence-electron chi connectivity index (χ3n) is 10.3. The predicted molar refractivity (Wildman–Crippen MR) is 205 cm³/mol. The second-order valence-electron chi connectivity index (χ2n) is 13.9.